The van der Waals surface area contributed by atoms with Crippen LogP contribution in [0.4, 0.5) is 0 Å². The van der Waals surface area contributed by atoms with Crippen molar-refractivity contribution in [2.24, 2.45) is 5.73 Å². The topological polar surface area (TPSA) is 138 Å². The minimum Gasteiger partial charge on any atom is -0.485 e. The molecule has 0 radical (unpaired) electrons. The number of aryl methyl sites for hydroxylation is 2. The molecular weight excluding hydrogens is 460 g/mol. The largest absolute Gasteiger partial charge is 0.485 e. The lowest BCUT2D eigenvalue weighted by Crippen LogP contribution is -2.28. The number of rotatable bonds is 8. The predicted molar refractivity (Wildman–Crippen MR) is 123 cm³/mol. The van der Waals surface area contributed by atoms with E-state index in [1.165, 1.54) is 22.5 Å². The van der Waals surface area contributed by atoms with Gasteiger partial charge in [0.15, 0.2) is 12.4 Å². The van der Waals surface area contributed by atoms with E-state index >= 15 is 0 Å². The second-order valence-electron chi connectivity index (χ2n) is 8.26. The molecule has 1 saturated heterocycles. The minimum absolute atomic E-state index is 0.0340. The van der Waals surface area contributed by atoms with E-state index in [9.17, 15) is 18.0 Å². The van der Waals surface area contributed by atoms with Crippen LogP contribution >= 0.6 is 0 Å². The lowest BCUT2D eigenvalue weighted by atomic mass is 10.1. The Morgan fingerprint density at radius 3 is 2.41 bits per heavy atom. The molecule has 0 bridgehead atoms. The zero-order chi connectivity index (χ0) is 24.6. The second kappa shape index (κ2) is 9.07. The number of aromatic nitrogens is 2. The SMILES string of the molecule is Cc1cc(-n2c(C)cc(C(=O)COc3ccc(S(=O)(=O)N4CCCC4)cc3C(N)=O)c2C)no1. The van der Waals surface area contributed by atoms with Crippen LogP contribution in [0.5, 0.6) is 5.75 Å². The van der Waals surface area contributed by atoms with E-state index in [1.807, 2.05) is 6.92 Å². The molecule has 11 heteroatoms. The van der Waals surface area contributed by atoms with Crippen molar-refractivity contribution < 1.29 is 27.3 Å². The van der Waals surface area contributed by atoms with E-state index in [0.29, 0.717) is 35.9 Å². The summed E-state index contributed by atoms with van der Waals surface area (Å²) in [5.41, 5.74) is 7.28. The summed E-state index contributed by atoms with van der Waals surface area (Å²) in [5, 5.41) is 4.00. The summed E-state index contributed by atoms with van der Waals surface area (Å²) in [6, 6.07) is 7.42. The normalized spacial score (nSPS) is 14.4. The summed E-state index contributed by atoms with van der Waals surface area (Å²) in [5.74, 6) is 0.0950. The zero-order valence-electron chi connectivity index (χ0n) is 19.2. The van der Waals surface area contributed by atoms with E-state index in [2.05, 4.69) is 5.16 Å². The highest BCUT2D eigenvalue weighted by molar-refractivity contribution is 7.89. The highest BCUT2D eigenvalue weighted by Gasteiger charge is 2.28. The molecule has 0 atom stereocenters. The van der Waals surface area contributed by atoms with Crippen molar-refractivity contribution in [2.45, 2.75) is 38.5 Å². The van der Waals surface area contributed by atoms with Gasteiger partial charge in [-0.2, -0.15) is 4.31 Å². The number of primary amides is 1. The number of sulfonamides is 1. The molecule has 180 valence electrons. The molecule has 10 nitrogen and oxygen atoms in total. The smallest absolute Gasteiger partial charge is 0.252 e. The Kier molecular flexibility index (Phi) is 6.32. The van der Waals surface area contributed by atoms with E-state index < -0.39 is 15.9 Å². The Balaban J connectivity index is 1.56. The molecule has 1 aliphatic heterocycles. The Labute approximate surface area is 197 Å². The van der Waals surface area contributed by atoms with Crippen LogP contribution in [0.15, 0.2) is 39.8 Å². The minimum atomic E-state index is -3.73. The molecular formula is C23H26N4O6S. The lowest BCUT2D eigenvalue weighted by molar-refractivity contribution is 0.0911. The van der Waals surface area contributed by atoms with Crippen LogP contribution in [-0.4, -0.2) is 53.8 Å². The number of carbonyl (C=O) groups excluding carboxylic acids is 2. The average Bonchev–Trinajstić information content (AvgIpc) is 3.53. The van der Waals surface area contributed by atoms with Crippen molar-refractivity contribution >= 4 is 21.7 Å². The van der Waals surface area contributed by atoms with Gasteiger partial charge in [0.05, 0.1) is 10.5 Å². The van der Waals surface area contributed by atoms with Crippen molar-refractivity contribution in [3.63, 3.8) is 0 Å². The molecule has 0 spiro atoms. The molecule has 1 amide bonds. The van der Waals surface area contributed by atoms with Crippen molar-refractivity contribution in [3.05, 3.63) is 58.6 Å². The van der Waals surface area contributed by atoms with Crippen LogP contribution < -0.4 is 10.5 Å². The van der Waals surface area contributed by atoms with Gasteiger partial charge >= 0.3 is 0 Å². The summed E-state index contributed by atoms with van der Waals surface area (Å²) in [6.07, 6.45) is 1.59. The summed E-state index contributed by atoms with van der Waals surface area (Å²) >= 11 is 0. The molecule has 1 aromatic carbocycles. The Morgan fingerprint density at radius 2 is 1.79 bits per heavy atom. The Bertz CT molecular complexity index is 1370. The molecule has 2 N–H and O–H groups in total. The Hall–Kier alpha value is -3.44. The fraction of sp³-hybridized carbons (Fsp3) is 0.348. The summed E-state index contributed by atoms with van der Waals surface area (Å²) in [6.45, 7) is 5.93. The van der Waals surface area contributed by atoms with Crippen molar-refractivity contribution in [1.29, 1.82) is 0 Å². The molecule has 0 aliphatic carbocycles. The van der Waals surface area contributed by atoms with Crippen molar-refractivity contribution in [3.8, 4) is 11.6 Å². The van der Waals surface area contributed by atoms with Gasteiger partial charge in [-0.3, -0.25) is 14.2 Å². The molecule has 0 saturated carbocycles. The van der Waals surface area contributed by atoms with Gasteiger partial charge in [-0.15, -0.1) is 0 Å². The number of ketones is 1. The van der Waals surface area contributed by atoms with E-state index in [-0.39, 0.29) is 28.6 Å². The van der Waals surface area contributed by atoms with E-state index in [0.717, 1.165) is 18.5 Å². The number of hydrogen-bond acceptors (Lipinski definition) is 7. The molecule has 1 fully saturated rings. The van der Waals surface area contributed by atoms with Gasteiger partial charge in [-0.25, -0.2) is 8.42 Å². The third kappa shape index (κ3) is 4.36. The fourth-order valence-electron chi connectivity index (χ4n) is 4.14. The van der Waals surface area contributed by atoms with Gasteiger partial charge < -0.3 is 15.0 Å². The third-order valence-corrected chi connectivity index (χ3v) is 7.75. The third-order valence-electron chi connectivity index (χ3n) is 5.85. The number of benzene rings is 1. The van der Waals surface area contributed by atoms with Gasteiger partial charge in [-0.1, -0.05) is 5.16 Å². The van der Waals surface area contributed by atoms with Crippen molar-refractivity contribution in [1.82, 2.24) is 14.0 Å². The van der Waals surface area contributed by atoms with Crippen LogP contribution in [0.1, 0.15) is 50.7 Å². The molecule has 3 heterocycles. The lowest BCUT2D eigenvalue weighted by Gasteiger charge is -2.17. The zero-order valence-corrected chi connectivity index (χ0v) is 20.0. The number of ether oxygens (including phenoxy) is 1. The number of hydrogen-bond donors (Lipinski definition) is 1. The molecule has 2 aromatic heterocycles. The molecule has 1 aliphatic rings. The monoisotopic (exact) mass is 486 g/mol. The summed E-state index contributed by atoms with van der Waals surface area (Å²) < 4.78 is 39.6. The predicted octanol–water partition coefficient (Wildman–Crippen LogP) is 2.54. The average molecular weight is 487 g/mol. The highest BCUT2D eigenvalue weighted by atomic mass is 32.2. The van der Waals surface area contributed by atoms with Crippen LogP contribution in [-0.2, 0) is 10.0 Å². The first-order valence-corrected chi connectivity index (χ1v) is 12.3. The van der Waals surface area contributed by atoms with Gasteiger partial charge in [0.25, 0.3) is 5.91 Å². The van der Waals surface area contributed by atoms with Gasteiger partial charge in [0.2, 0.25) is 15.8 Å². The van der Waals surface area contributed by atoms with Crippen LogP contribution in [0.25, 0.3) is 5.82 Å². The first kappa shape index (κ1) is 23.7. The van der Waals surface area contributed by atoms with Gasteiger partial charge in [0, 0.05) is 36.1 Å². The number of nitrogens with two attached hydrogens (primary N) is 1. The van der Waals surface area contributed by atoms with Gasteiger partial charge in [-0.05, 0) is 57.9 Å². The number of carbonyl (C=O) groups is 2. The second-order valence-corrected chi connectivity index (χ2v) is 10.2. The van der Waals surface area contributed by atoms with Crippen LogP contribution in [0, 0.1) is 20.8 Å². The highest BCUT2D eigenvalue weighted by Crippen LogP contribution is 2.27. The maximum Gasteiger partial charge on any atom is 0.252 e. The van der Waals surface area contributed by atoms with Gasteiger partial charge in [0.1, 0.15) is 11.5 Å². The molecule has 34 heavy (non-hydrogen) atoms. The maximum absolute atomic E-state index is 12.9. The number of nitrogens with zero attached hydrogens (tertiary/aromatic N) is 3. The van der Waals surface area contributed by atoms with Crippen molar-refractivity contribution in [2.75, 3.05) is 19.7 Å². The van der Waals surface area contributed by atoms with E-state index in [1.54, 1.807) is 30.5 Å². The molecule has 0 unspecified atom stereocenters. The molecule has 4 rings (SSSR count). The maximum atomic E-state index is 12.9. The summed E-state index contributed by atoms with van der Waals surface area (Å²) in [7, 11) is -3.73. The molecule has 3 aromatic rings. The van der Waals surface area contributed by atoms with Crippen LogP contribution in [0.2, 0.25) is 0 Å². The van der Waals surface area contributed by atoms with E-state index in [4.69, 9.17) is 15.0 Å². The fourth-order valence-corrected chi connectivity index (χ4v) is 5.69. The number of amides is 1. The quantitative estimate of drug-likeness (QED) is 0.483. The first-order chi connectivity index (χ1) is 16.1. The Morgan fingerprint density at radius 1 is 1.09 bits per heavy atom. The summed E-state index contributed by atoms with van der Waals surface area (Å²) in [4.78, 5) is 24.9. The first-order valence-electron chi connectivity index (χ1n) is 10.8. The van der Waals surface area contributed by atoms with Crippen LogP contribution in [0.3, 0.4) is 0 Å². The number of Topliss-reactive ketones (excluding diaryl/α,β-unsaturated/α-hetero) is 1. The standard InChI is InChI=1S/C23H26N4O6S/c1-14-10-18(16(3)27(14)22-11-15(2)33-25-22)20(28)13-32-21-7-6-17(12-19(21)23(24)29)34(30,31)26-8-4-5-9-26/h6-7,10-12H,4-5,8-9,13H2,1-3H3,(H2,24,29).